The molecule has 0 radical (unpaired) electrons. The molecule has 0 fully saturated rings. The predicted octanol–water partition coefficient (Wildman–Crippen LogP) is 2.29. The maximum Gasteiger partial charge on any atom is 0.164 e. The number of benzene rings is 1. The number of Topliss-reactive ketones (excluding diaryl/α,β-unsaturated/α-hetero) is 1. The molecule has 0 spiro atoms. The lowest BCUT2D eigenvalue weighted by atomic mass is 10.1. The Morgan fingerprint density at radius 2 is 2.06 bits per heavy atom. The number of carbonyl (C=O) groups is 1. The maximum absolute atomic E-state index is 11.1. The van der Waals surface area contributed by atoms with Gasteiger partial charge in [-0.1, -0.05) is 6.07 Å². The molecule has 0 unspecified atom stereocenters. The van der Waals surface area contributed by atoms with Crippen molar-refractivity contribution in [1.82, 2.24) is 0 Å². The van der Waals surface area contributed by atoms with E-state index in [9.17, 15) is 4.79 Å². The molecule has 2 rings (SSSR count). The number of fused-ring (bicyclic) bond motifs is 1. The van der Waals surface area contributed by atoms with E-state index in [0.29, 0.717) is 19.6 Å². The Balaban J connectivity index is 2.35. The Labute approximate surface area is 95.4 Å². The molecule has 1 aromatic rings. The average molecular weight is 220 g/mol. The summed E-state index contributed by atoms with van der Waals surface area (Å²) in [5.74, 6) is 1.76. The summed E-state index contributed by atoms with van der Waals surface area (Å²) < 4.78 is 11.2. The van der Waals surface area contributed by atoms with E-state index in [0.717, 1.165) is 29.0 Å². The third-order valence-corrected chi connectivity index (χ3v) is 2.55. The molecule has 0 saturated heterocycles. The van der Waals surface area contributed by atoms with Gasteiger partial charge in [-0.15, -0.1) is 0 Å². The van der Waals surface area contributed by atoms with Crippen molar-refractivity contribution in [2.45, 2.75) is 26.7 Å². The highest BCUT2D eigenvalue weighted by atomic mass is 16.5. The van der Waals surface area contributed by atoms with Gasteiger partial charge in [-0.25, -0.2) is 0 Å². The summed E-state index contributed by atoms with van der Waals surface area (Å²) in [7, 11) is 0. The van der Waals surface area contributed by atoms with Crippen molar-refractivity contribution in [2.75, 3.05) is 13.2 Å². The van der Waals surface area contributed by atoms with Gasteiger partial charge >= 0.3 is 0 Å². The fraction of sp³-hybridized carbons (Fsp3) is 0.462. The summed E-state index contributed by atoms with van der Waals surface area (Å²) >= 11 is 0. The molecular weight excluding hydrogens is 204 g/mol. The highest BCUT2D eigenvalue weighted by Gasteiger charge is 2.14. The Kier molecular flexibility index (Phi) is 3.13. The molecule has 1 aliphatic rings. The molecule has 86 valence electrons. The molecule has 3 heteroatoms. The zero-order valence-corrected chi connectivity index (χ0v) is 9.71. The molecule has 0 aliphatic carbocycles. The van der Waals surface area contributed by atoms with Gasteiger partial charge in [0.2, 0.25) is 0 Å². The molecular formula is C13H16O3. The lowest BCUT2D eigenvalue weighted by molar-refractivity contribution is -0.116. The van der Waals surface area contributed by atoms with Crippen LogP contribution in [-0.4, -0.2) is 19.0 Å². The number of hydrogen-bond acceptors (Lipinski definition) is 3. The van der Waals surface area contributed by atoms with Crippen LogP contribution in [0.15, 0.2) is 12.1 Å². The first-order chi connectivity index (χ1) is 7.66. The smallest absolute Gasteiger partial charge is 0.164 e. The number of aryl methyl sites for hydroxylation is 1. The van der Waals surface area contributed by atoms with Crippen LogP contribution in [0, 0.1) is 6.92 Å². The molecule has 0 aromatic heterocycles. The number of ketones is 1. The number of hydrogen-bond donors (Lipinski definition) is 0. The minimum absolute atomic E-state index is 0.161. The van der Waals surface area contributed by atoms with Gasteiger partial charge in [-0.05, 0) is 31.0 Å². The van der Waals surface area contributed by atoms with Crippen molar-refractivity contribution in [1.29, 1.82) is 0 Å². The minimum Gasteiger partial charge on any atom is -0.490 e. The van der Waals surface area contributed by atoms with E-state index in [-0.39, 0.29) is 5.78 Å². The van der Waals surface area contributed by atoms with Crippen LogP contribution in [-0.2, 0) is 11.2 Å². The number of rotatable bonds is 2. The monoisotopic (exact) mass is 220 g/mol. The number of ether oxygens (including phenoxy) is 2. The summed E-state index contributed by atoms with van der Waals surface area (Å²) in [5.41, 5.74) is 2.03. The Morgan fingerprint density at radius 1 is 1.31 bits per heavy atom. The Morgan fingerprint density at radius 3 is 2.81 bits per heavy atom. The minimum atomic E-state index is 0.161. The molecule has 1 aromatic carbocycles. The SMILES string of the molecule is CC(=O)Cc1cc(C)c2c(c1)OCCCO2. The van der Waals surface area contributed by atoms with Crippen LogP contribution in [0.1, 0.15) is 24.5 Å². The van der Waals surface area contributed by atoms with Crippen LogP contribution in [0.5, 0.6) is 11.5 Å². The summed E-state index contributed by atoms with van der Waals surface area (Å²) in [6.45, 7) is 4.95. The van der Waals surface area contributed by atoms with Gasteiger partial charge < -0.3 is 9.47 Å². The fourth-order valence-corrected chi connectivity index (χ4v) is 1.91. The van der Waals surface area contributed by atoms with Crippen LogP contribution in [0.25, 0.3) is 0 Å². The second-order valence-electron chi connectivity index (χ2n) is 4.17. The third-order valence-electron chi connectivity index (χ3n) is 2.55. The number of carbonyl (C=O) groups excluding carboxylic acids is 1. The molecule has 0 N–H and O–H groups in total. The average Bonchev–Trinajstić information content (AvgIpc) is 2.41. The first-order valence-electron chi connectivity index (χ1n) is 5.55. The van der Waals surface area contributed by atoms with E-state index < -0.39 is 0 Å². The normalized spacial score (nSPS) is 14.4. The molecule has 1 heterocycles. The van der Waals surface area contributed by atoms with Crippen LogP contribution >= 0.6 is 0 Å². The molecule has 1 aliphatic heterocycles. The van der Waals surface area contributed by atoms with E-state index >= 15 is 0 Å². The molecule has 0 amide bonds. The summed E-state index contributed by atoms with van der Waals surface area (Å²) in [6.07, 6.45) is 1.35. The first-order valence-corrected chi connectivity index (χ1v) is 5.55. The highest BCUT2D eigenvalue weighted by molar-refractivity contribution is 5.78. The highest BCUT2D eigenvalue weighted by Crippen LogP contribution is 2.34. The van der Waals surface area contributed by atoms with Crippen molar-refractivity contribution >= 4 is 5.78 Å². The summed E-state index contributed by atoms with van der Waals surface area (Å²) in [4.78, 5) is 11.1. The quantitative estimate of drug-likeness (QED) is 0.767. The van der Waals surface area contributed by atoms with Crippen LogP contribution < -0.4 is 9.47 Å². The van der Waals surface area contributed by atoms with E-state index in [1.165, 1.54) is 0 Å². The van der Waals surface area contributed by atoms with Crippen molar-refractivity contribution < 1.29 is 14.3 Å². The molecule has 3 nitrogen and oxygen atoms in total. The zero-order valence-electron chi connectivity index (χ0n) is 9.71. The lowest BCUT2D eigenvalue weighted by Gasteiger charge is -2.12. The van der Waals surface area contributed by atoms with E-state index in [4.69, 9.17) is 9.47 Å². The second kappa shape index (κ2) is 4.56. The van der Waals surface area contributed by atoms with Gasteiger partial charge in [0.15, 0.2) is 11.5 Å². The predicted molar refractivity (Wildman–Crippen MR) is 61.2 cm³/mol. The van der Waals surface area contributed by atoms with Crippen molar-refractivity contribution in [3.05, 3.63) is 23.3 Å². The molecule has 0 saturated carbocycles. The van der Waals surface area contributed by atoms with Crippen LogP contribution in [0.4, 0.5) is 0 Å². The van der Waals surface area contributed by atoms with Gasteiger partial charge in [-0.2, -0.15) is 0 Å². The van der Waals surface area contributed by atoms with Crippen molar-refractivity contribution in [2.24, 2.45) is 0 Å². The molecule has 0 bridgehead atoms. The maximum atomic E-state index is 11.1. The van der Waals surface area contributed by atoms with Gasteiger partial charge in [0.25, 0.3) is 0 Å². The van der Waals surface area contributed by atoms with Crippen LogP contribution in [0.3, 0.4) is 0 Å². The lowest BCUT2D eigenvalue weighted by Crippen LogP contribution is -2.00. The van der Waals surface area contributed by atoms with Crippen molar-refractivity contribution in [3.63, 3.8) is 0 Å². The summed E-state index contributed by atoms with van der Waals surface area (Å²) in [6, 6.07) is 3.91. The Bertz CT molecular complexity index is 410. The first kappa shape index (κ1) is 11.0. The standard InChI is InChI=1S/C13H16O3/c1-9-6-11(7-10(2)14)8-12-13(9)16-5-3-4-15-12/h6,8H,3-5,7H2,1-2H3. The van der Waals surface area contributed by atoms with Gasteiger partial charge in [-0.3, -0.25) is 4.79 Å². The van der Waals surface area contributed by atoms with Crippen molar-refractivity contribution in [3.8, 4) is 11.5 Å². The van der Waals surface area contributed by atoms with E-state index in [1.807, 2.05) is 19.1 Å². The van der Waals surface area contributed by atoms with E-state index in [2.05, 4.69) is 0 Å². The van der Waals surface area contributed by atoms with Gasteiger partial charge in [0.05, 0.1) is 13.2 Å². The van der Waals surface area contributed by atoms with Gasteiger partial charge in [0.1, 0.15) is 5.78 Å². The summed E-state index contributed by atoms with van der Waals surface area (Å²) in [5, 5.41) is 0. The van der Waals surface area contributed by atoms with Gasteiger partial charge in [0, 0.05) is 12.8 Å². The Hall–Kier alpha value is -1.51. The fourth-order valence-electron chi connectivity index (χ4n) is 1.91. The van der Waals surface area contributed by atoms with E-state index in [1.54, 1.807) is 6.92 Å². The molecule has 0 atom stereocenters. The second-order valence-corrected chi connectivity index (χ2v) is 4.17. The third kappa shape index (κ3) is 2.35. The topological polar surface area (TPSA) is 35.5 Å². The molecule has 16 heavy (non-hydrogen) atoms. The largest absolute Gasteiger partial charge is 0.490 e. The van der Waals surface area contributed by atoms with Crippen LogP contribution in [0.2, 0.25) is 0 Å². The zero-order chi connectivity index (χ0) is 11.5.